The molecule has 0 saturated heterocycles. The third-order valence-electron chi connectivity index (χ3n) is 3.81. The summed E-state index contributed by atoms with van der Waals surface area (Å²) < 4.78 is 20.7. The van der Waals surface area contributed by atoms with Crippen LogP contribution in [0.15, 0.2) is 70.4 Å². The lowest BCUT2D eigenvalue weighted by molar-refractivity contribution is 0.0701. The van der Waals surface area contributed by atoms with Crippen LogP contribution in [0.25, 0.3) is 0 Å². The summed E-state index contributed by atoms with van der Waals surface area (Å²) in [5, 5.41) is 3.93. The fourth-order valence-corrected chi connectivity index (χ4v) is 2.48. The van der Waals surface area contributed by atoms with Crippen LogP contribution in [0.5, 0.6) is 17.2 Å². The van der Waals surface area contributed by atoms with Gasteiger partial charge >= 0.3 is 5.97 Å². The Hall–Kier alpha value is -4.07. The highest BCUT2D eigenvalue weighted by Crippen LogP contribution is 2.32. The molecule has 0 atom stereocenters. The fourth-order valence-electron chi connectivity index (χ4n) is 2.48. The molecule has 4 rings (SSSR count). The first kappa shape index (κ1) is 17.3. The first-order valence-electron chi connectivity index (χ1n) is 8.28. The highest BCUT2D eigenvalue weighted by molar-refractivity contribution is 5.95. The van der Waals surface area contributed by atoms with Crippen molar-refractivity contribution in [2.24, 2.45) is 5.10 Å². The van der Waals surface area contributed by atoms with Gasteiger partial charge in [-0.05, 0) is 48.0 Å². The number of hydrazone groups is 1. The van der Waals surface area contributed by atoms with Crippen LogP contribution in [0.4, 0.5) is 0 Å². The molecule has 0 unspecified atom stereocenters. The van der Waals surface area contributed by atoms with Crippen molar-refractivity contribution in [3.05, 3.63) is 77.7 Å². The Morgan fingerprint density at radius 2 is 1.93 bits per heavy atom. The molecule has 2 aromatic carbocycles. The molecule has 140 valence electrons. The summed E-state index contributed by atoms with van der Waals surface area (Å²) >= 11 is 0. The molecule has 1 N–H and O–H groups in total. The van der Waals surface area contributed by atoms with E-state index in [2.05, 4.69) is 10.5 Å². The van der Waals surface area contributed by atoms with Gasteiger partial charge in [-0.15, -0.1) is 0 Å². The molecule has 1 aromatic heterocycles. The predicted molar refractivity (Wildman–Crippen MR) is 97.7 cm³/mol. The van der Waals surface area contributed by atoms with E-state index in [0.717, 1.165) is 0 Å². The number of nitrogens with one attached hydrogen (secondary N) is 1. The number of fused-ring (bicyclic) bond motifs is 1. The lowest BCUT2D eigenvalue weighted by Crippen LogP contribution is -2.17. The molecule has 1 amide bonds. The summed E-state index contributed by atoms with van der Waals surface area (Å²) in [5.74, 6) is 0.552. The number of esters is 1. The summed E-state index contributed by atoms with van der Waals surface area (Å²) in [5.41, 5.74) is 3.46. The molecule has 0 radical (unpaired) electrons. The van der Waals surface area contributed by atoms with Gasteiger partial charge in [0, 0.05) is 5.56 Å². The molecule has 0 fully saturated rings. The topological polar surface area (TPSA) is 99.4 Å². The number of ether oxygens (including phenoxy) is 3. The molecule has 3 aromatic rings. The first-order chi connectivity index (χ1) is 13.7. The van der Waals surface area contributed by atoms with E-state index in [4.69, 9.17) is 18.6 Å². The number of hydrogen-bond donors (Lipinski definition) is 1. The third-order valence-corrected chi connectivity index (χ3v) is 3.81. The van der Waals surface area contributed by atoms with Crippen LogP contribution >= 0.6 is 0 Å². The summed E-state index contributed by atoms with van der Waals surface area (Å²) in [6, 6.07) is 14.7. The maximum absolute atomic E-state index is 12.2. The highest BCUT2D eigenvalue weighted by atomic mass is 16.7. The molecule has 0 saturated carbocycles. The normalized spacial score (nSPS) is 12.1. The van der Waals surface area contributed by atoms with E-state index in [-0.39, 0.29) is 12.6 Å². The van der Waals surface area contributed by atoms with Crippen molar-refractivity contribution >= 4 is 18.1 Å². The lowest BCUT2D eigenvalue weighted by atomic mass is 10.2. The second-order valence-electron chi connectivity index (χ2n) is 5.71. The van der Waals surface area contributed by atoms with Crippen LogP contribution in [0.3, 0.4) is 0 Å². The lowest BCUT2D eigenvalue weighted by Gasteiger charge is -2.03. The Morgan fingerprint density at radius 1 is 1.04 bits per heavy atom. The van der Waals surface area contributed by atoms with Crippen molar-refractivity contribution < 1.29 is 28.2 Å². The van der Waals surface area contributed by atoms with E-state index >= 15 is 0 Å². The average molecular weight is 378 g/mol. The van der Waals surface area contributed by atoms with Crippen LogP contribution in [-0.4, -0.2) is 24.9 Å². The fraction of sp³-hybridized carbons (Fsp3) is 0.0500. The molecule has 1 aliphatic rings. The van der Waals surface area contributed by atoms with E-state index in [1.165, 1.54) is 18.5 Å². The van der Waals surface area contributed by atoms with Crippen molar-refractivity contribution in [2.45, 2.75) is 0 Å². The molecule has 2 heterocycles. The standard InChI is InChI=1S/C20H14N2O6/c23-19(14-6-7-16-18(10-14)27-12-26-16)22-21-11-13-3-1-4-15(9-13)28-20(24)17-5-2-8-25-17/h1-11H,12H2,(H,22,23)/b21-11-. The zero-order valence-corrected chi connectivity index (χ0v) is 14.5. The predicted octanol–water partition coefficient (Wildman–Crippen LogP) is 2.99. The molecular weight excluding hydrogens is 364 g/mol. The van der Waals surface area contributed by atoms with E-state index in [0.29, 0.717) is 28.4 Å². The van der Waals surface area contributed by atoms with Crippen LogP contribution in [0, 0.1) is 0 Å². The number of nitrogens with zero attached hydrogens (tertiary/aromatic N) is 1. The van der Waals surface area contributed by atoms with Crippen molar-refractivity contribution in [3.63, 3.8) is 0 Å². The second-order valence-corrected chi connectivity index (χ2v) is 5.71. The minimum Gasteiger partial charge on any atom is -0.457 e. The zero-order chi connectivity index (χ0) is 19.3. The maximum Gasteiger partial charge on any atom is 0.379 e. The van der Waals surface area contributed by atoms with Gasteiger partial charge in [-0.25, -0.2) is 10.2 Å². The molecule has 0 aliphatic carbocycles. The Kier molecular flexibility index (Phi) is 4.75. The minimum atomic E-state index is -0.602. The van der Waals surface area contributed by atoms with E-state index in [1.54, 1.807) is 48.5 Å². The Labute approximate surface area is 159 Å². The summed E-state index contributed by atoms with van der Waals surface area (Å²) in [6.07, 6.45) is 2.83. The van der Waals surface area contributed by atoms with Crippen molar-refractivity contribution in [1.29, 1.82) is 0 Å². The number of hydrogen-bond acceptors (Lipinski definition) is 7. The number of carbonyl (C=O) groups excluding carboxylic acids is 2. The van der Waals surface area contributed by atoms with Crippen LogP contribution in [-0.2, 0) is 0 Å². The van der Waals surface area contributed by atoms with Gasteiger partial charge < -0.3 is 18.6 Å². The highest BCUT2D eigenvalue weighted by Gasteiger charge is 2.16. The SMILES string of the molecule is O=C(N/N=C\c1cccc(OC(=O)c2ccco2)c1)c1ccc2c(c1)OCO2. The van der Waals surface area contributed by atoms with E-state index < -0.39 is 11.9 Å². The molecule has 0 bridgehead atoms. The van der Waals surface area contributed by atoms with Gasteiger partial charge in [0.05, 0.1) is 12.5 Å². The van der Waals surface area contributed by atoms with Crippen LogP contribution in [0.1, 0.15) is 26.5 Å². The quantitative estimate of drug-likeness (QED) is 0.317. The van der Waals surface area contributed by atoms with E-state index in [9.17, 15) is 9.59 Å². The monoisotopic (exact) mass is 378 g/mol. The smallest absolute Gasteiger partial charge is 0.379 e. The van der Waals surface area contributed by atoms with Gasteiger partial charge in [-0.2, -0.15) is 5.10 Å². The second kappa shape index (κ2) is 7.67. The molecule has 8 nitrogen and oxygen atoms in total. The van der Waals surface area contributed by atoms with Crippen molar-refractivity contribution in [2.75, 3.05) is 6.79 Å². The molecule has 0 spiro atoms. The van der Waals surface area contributed by atoms with Gasteiger partial charge in [0.25, 0.3) is 5.91 Å². The Bertz CT molecular complexity index is 1040. The number of furan rings is 1. The largest absolute Gasteiger partial charge is 0.457 e. The summed E-state index contributed by atoms with van der Waals surface area (Å²) in [4.78, 5) is 24.1. The van der Waals surface area contributed by atoms with Crippen molar-refractivity contribution in [3.8, 4) is 17.2 Å². The summed E-state index contributed by atoms with van der Waals surface area (Å²) in [7, 11) is 0. The van der Waals surface area contributed by atoms with Crippen LogP contribution in [0.2, 0.25) is 0 Å². The van der Waals surface area contributed by atoms with Crippen LogP contribution < -0.4 is 19.6 Å². The van der Waals surface area contributed by atoms with Gasteiger partial charge in [-0.1, -0.05) is 12.1 Å². The molecular formula is C20H14N2O6. The Balaban J connectivity index is 1.38. The average Bonchev–Trinajstić information content (AvgIpc) is 3.39. The molecule has 1 aliphatic heterocycles. The molecule has 8 heteroatoms. The number of carbonyl (C=O) groups is 2. The number of rotatable bonds is 5. The van der Waals surface area contributed by atoms with Gasteiger partial charge in [0.15, 0.2) is 11.5 Å². The van der Waals surface area contributed by atoms with E-state index in [1.807, 2.05) is 0 Å². The van der Waals surface area contributed by atoms with Gasteiger partial charge in [0.1, 0.15) is 5.75 Å². The third kappa shape index (κ3) is 3.85. The first-order valence-corrected chi connectivity index (χ1v) is 8.28. The minimum absolute atomic E-state index is 0.107. The molecule has 28 heavy (non-hydrogen) atoms. The zero-order valence-electron chi connectivity index (χ0n) is 14.5. The maximum atomic E-state index is 12.2. The van der Waals surface area contributed by atoms with Gasteiger partial charge in [0.2, 0.25) is 12.6 Å². The summed E-state index contributed by atoms with van der Waals surface area (Å²) in [6.45, 7) is 0.138. The number of amides is 1. The number of benzene rings is 2. The van der Waals surface area contributed by atoms with Gasteiger partial charge in [-0.3, -0.25) is 4.79 Å². The van der Waals surface area contributed by atoms with Crippen molar-refractivity contribution in [1.82, 2.24) is 5.43 Å². The Morgan fingerprint density at radius 3 is 2.79 bits per heavy atom.